The van der Waals surface area contributed by atoms with Crippen LogP contribution in [0.25, 0.3) is 0 Å². The predicted octanol–water partition coefficient (Wildman–Crippen LogP) is 3.24. The number of rotatable bonds is 4. The van der Waals surface area contributed by atoms with Crippen LogP contribution in [0, 0.1) is 23.7 Å². The first-order valence-electron chi connectivity index (χ1n) is 10.3. The van der Waals surface area contributed by atoms with Crippen LogP contribution in [0.2, 0.25) is 0 Å². The van der Waals surface area contributed by atoms with E-state index in [1.807, 2.05) is 6.08 Å². The molecule has 26 heavy (non-hydrogen) atoms. The molecule has 1 heterocycles. The Morgan fingerprint density at radius 3 is 2.46 bits per heavy atom. The molecule has 140 valence electrons. The first-order valence-corrected chi connectivity index (χ1v) is 10.3. The molecule has 0 saturated heterocycles. The molecule has 5 aliphatic carbocycles. The van der Waals surface area contributed by atoms with Crippen molar-refractivity contribution in [2.24, 2.45) is 28.7 Å². The summed E-state index contributed by atoms with van der Waals surface area (Å²) in [5.74, 6) is 4.15. The fourth-order valence-corrected chi connectivity index (χ4v) is 6.28. The molecule has 6 rings (SSSR count). The molecule has 0 spiro atoms. The molecule has 0 aromatic heterocycles. The molecule has 0 atom stereocenters. The molecule has 5 fully saturated rings. The maximum Gasteiger partial charge on any atom is 0.258 e. The molecule has 1 aliphatic heterocycles. The lowest BCUT2D eigenvalue weighted by Crippen LogP contribution is -2.60. The van der Waals surface area contributed by atoms with E-state index in [9.17, 15) is 4.79 Å². The van der Waals surface area contributed by atoms with Crippen LogP contribution in [0.15, 0.2) is 29.2 Å². The number of hydrogen-bond acceptors (Lipinski definition) is 4. The van der Waals surface area contributed by atoms with Crippen molar-refractivity contribution in [2.45, 2.75) is 63.3 Å². The summed E-state index contributed by atoms with van der Waals surface area (Å²) in [6.45, 7) is 3.95. The van der Waals surface area contributed by atoms with E-state index in [0.717, 1.165) is 23.5 Å². The maximum absolute atomic E-state index is 12.6. The minimum atomic E-state index is -0.00242. The summed E-state index contributed by atoms with van der Waals surface area (Å²) in [5, 5.41) is 6.59. The summed E-state index contributed by atoms with van der Waals surface area (Å²) in [6, 6.07) is 0. The van der Waals surface area contributed by atoms with Crippen molar-refractivity contribution in [3.05, 3.63) is 24.2 Å². The standard InChI is InChI=1S/C21H29N3O2/c1-13-22-18(17-3-2-4-17)8-20(23-13)26-12-19(25)24-21-9-14-5-15(10-21)7-16(6-14)11-21/h8,14-17,22H,1-7,9-12H2,(H,24,25). The number of nitrogens with zero attached hydrogens (tertiary/aromatic N) is 1. The van der Waals surface area contributed by atoms with E-state index < -0.39 is 0 Å². The summed E-state index contributed by atoms with van der Waals surface area (Å²) >= 11 is 0. The summed E-state index contributed by atoms with van der Waals surface area (Å²) in [4.78, 5) is 16.9. The van der Waals surface area contributed by atoms with Gasteiger partial charge in [0.1, 0.15) is 5.82 Å². The van der Waals surface area contributed by atoms with Crippen molar-refractivity contribution in [3.8, 4) is 0 Å². The minimum absolute atomic E-state index is 0.00242. The first kappa shape index (κ1) is 16.4. The van der Waals surface area contributed by atoms with Crippen molar-refractivity contribution in [2.75, 3.05) is 6.61 Å². The van der Waals surface area contributed by atoms with Crippen molar-refractivity contribution in [1.29, 1.82) is 0 Å². The molecule has 6 aliphatic rings. The average Bonchev–Trinajstić information content (AvgIpc) is 2.49. The van der Waals surface area contributed by atoms with Crippen LogP contribution in [-0.4, -0.2) is 24.0 Å². The highest BCUT2D eigenvalue weighted by Gasteiger charge is 2.51. The monoisotopic (exact) mass is 355 g/mol. The molecule has 4 bridgehead atoms. The highest BCUT2D eigenvalue weighted by molar-refractivity contribution is 5.92. The summed E-state index contributed by atoms with van der Waals surface area (Å²) in [7, 11) is 0. The highest BCUT2D eigenvalue weighted by atomic mass is 16.5. The zero-order chi connectivity index (χ0) is 17.7. The fraction of sp³-hybridized carbons (Fsp3) is 0.714. The van der Waals surface area contributed by atoms with Gasteiger partial charge in [0.05, 0.1) is 0 Å². The number of carbonyl (C=O) groups excluding carboxylic acids is 1. The van der Waals surface area contributed by atoms with Gasteiger partial charge in [-0.15, -0.1) is 0 Å². The Labute approximate surface area is 155 Å². The molecule has 1 amide bonds. The number of carbonyl (C=O) groups is 1. The number of allylic oxidation sites excluding steroid dienone is 1. The van der Waals surface area contributed by atoms with Crippen LogP contribution in [0.3, 0.4) is 0 Å². The Balaban J connectivity index is 1.19. The Hall–Kier alpha value is -1.78. The van der Waals surface area contributed by atoms with Crippen LogP contribution in [0.1, 0.15) is 57.8 Å². The van der Waals surface area contributed by atoms with Crippen molar-refractivity contribution in [1.82, 2.24) is 10.6 Å². The third kappa shape index (κ3) is 3.06. The van der Waals surface area contributed by atoms with E-state index in [-0.39, 0.29) is 18.1 Å². The largest absolute Gasteiger partial charge is 0.467 e. The van der Waals surface area contributed by atoms with Crippen molar-refractivity contribution in [3.63, 3.8) is 0 Å². The zero-order valence-electron chi connectivity index (χ0n) is 15.4. The molecular formula is C21H29N3O2. The van der Waals surface area contributed by atoms with Crippen LogP contribution in [0.4, 0.5) is 0 Å². The predicted molar refractivity (Wildman–Crippen MR) is 100 cm³/mol. The summed E-state index contributed by atoms with van der Waals surface area (Å²) in [5.41, 5.74) is 1.18. The second-order valence-electron chi connectivity index (χ2n) is 9.28. The normalized spacial score (nSPS) is 38.2. The Morgan fingerprint density at radius 2 is 1.88 bits per heavy atom. The van der Waals surface area contributed by atoms with E-state index in [1.165, 1.54) is 57.8 Å². The second kappa shape index (κ2) is 6.14. The topological polar surface area (TPSA) is 62.7 Å². The van der Waals surface area contributed by atoms with Crippen molar-refractivity contribution >= 4 is 11.8 Å². The Bertz CT molecular complexity index is 654. The van der Waals surface area contributed by atoms with Gasteiger partial charge in [-0.2, -0.15) is 4.99 Å². The Kier molecular flexibility index (Phi) is 3.87. The zero-order valence-corrected chi connectivity index (χ0v) is 15.4. The second-order valence-corrected chi connectivity index (χ2v) is 9.28. The lowest BCUT2D eigenvalue weighted by atomic mass is 9.53. The van der Waals surface area contributed by atoms with Gasteiger partial charge < -0.3 is 15.4 Å². The minimum Gasteiger partial charge on any atom is -0.467 e. The molecule has 0 unspecified atom stereocenters. The number of hydrogen-bond donors (Lipinski definition) is 2. The van der Waals surface area contributed by atoms with E-state index in [2.05, 4.69) is 22.2 Å². The van der Waals surface area contributed by atoms with Gasteiger partial charge >= 0.3 is 0 Å². The van der Waals surface area contributed by atoms with Crippen LogP contribution >= 0.6 is 0 Å². The van der Waals surface area contributed by atoms with Gasteiger partial charge in [-0.3, -0.25) is 4.79 Å². The van der Waals surface area contributed by atoms with Gasteiger partial charge in [-0.25, -0.2) is 0 Å². The van der Waals surface area contributed by atoms with Gasteiger partial charge in [0.15, 0.2) is 6.61 Å². The van der Waals surface area contributed by atoms with Gasteiger partial charge in [-0.05, 0) is 75.0 Å². The third-order valence-corrected chi connectivity index (χ3v) is 7.15. The SMILES string of the molecule is C=C1N=C(OCC(=O)NC23CC4CC(CC(C4)C2)C3)C=C(C2CCC2)N1. The van der Waals surface area contributed by atoms with Gasteiger partial charge in [0.2, 0.25) is 5.90 Å². The number of ether oxygens (including phenoxy) is 1. The summed E-state index contributed by atoms with van der Waals surface area (Å²) in [6.07, 6.45) is 13.3. The molecule has 5 saturated carbocycles. The van der Waals surface area contributed by atoms with E-state index in [4.69, 9.17) is 4.74 Å². The smallest absolute Gasteiger partial charge is 0.258 e. The molecule has 5 heteroatoms. The Morgan fingerprint density at radius 1 is 1.23 bits per heavy atom. The molecule has 5 nitrogen and oxygen atoms in total. The first-order chi connectivity index (χ1) is 12.6. The number of aliphatic imine (C=N–C) groups is 1. The van der Waals surface area contributed by atoms with E-state index in [1.54, 1.807) is 0 Å². The number of amides is 1. The third-order valence-electron chi connectivity index (χ3n) is 7.15. The fourth-order valence-electron chi connectivity index (χ4n) is 6.28. The lowest BCUT2D eigenvalue weighted by Gasteiger charge is -2.56. The molecule has 2 N–H and O–H groups in total. The van der Waals surface area contributed by atoms with Gasteiger partial charge in [-0.1, -0.05) is 13.0 Å². The van der Waals surface area contributed by atoms with E-state index in [0.29, 0.717) is 17.6 Å². The molecule has 0 aromatic carbocycles. The molecule has 0 aromatic rings. The maximum atomic E-state index is 12.6. The molecular weight excluding hydrogens is 326 g/mol. The molecule has 0 radical (unpaired) electrons. The lowest BCUT2D eigenvalue weighted by molar-refractivity contribution is -0.129. The average molecular weight is 355 g/mol. The number of nitrogens with one attached hydrogen (secondary N) is 2. The highest BCUT2D eigenvalue weighted by Crippen LogP contribution is 2.55. The van der Waals surface area contributed by atoms with Crippen LogP contribution < -0.4 is 10.6 Å². The van der Waals surface area contributed by atoms with Gasteiger partial charge in [0.25, 0.3) is 5.91 Å². The van der Waals surface area contributed by atoms with Gasteiger partial charge in [0, 0.05) is 17.3 Å². The van der Waals surface area contributed by atoms with Crippen molar-refractivity contribution < 1.29 is 9.53 Å². The van der Waals surface area contributed by atoms with E-state index >= 15 is 0 Å². The van der Waals surface area contributed by atoms with Crippen LogP contribution in [0.5, 0.6) is 0 Å². The quantitative estimate of drug-likeness (QED) is 0.814. The summed E-state index contributed by atoms with van der Waals surface area (Å²) < 4.78 is 5.74. The van der Waals surface area contributed by atoms with Crippen LogP contribution in [-0.2, 0) is 9.53 Å².